The van der Waals surface area contributed by atoms with Crippen LogP contribution in [0, 0.1) is 0 Å². The van der Waals surface area contributed by atoms with Gasteiger partial charge in [-0.15, -0.1) is 0 Å². The standard InChI is InChI=1S/4N.2H2O.Pt/h;;;;2*1H2;/q;;;;;;+2/p-2. The molecule has 0 saturated heterocycles. The summed E-state index contributed by atoms with van der Waals surface area (Å²) in [4.78, 5) is 0. The van der Waals surface area contributed by atoms with E-state index in [1.165, 1.54) is 0 Å². The second-order valence-corrected chi connectivity index (χ2v) is 0. The maximum atomic E-state index is 0. The Balaban J connectivity index is 0. The summed E-state index contributed by atoms with van der Waals surface area (Å²) in [5.41, 5.74) is 0. The van der Waals surface area contributed by atoms with Crippen LogP contribution in [0.2, 0.25) is 0 Å². The van der Waals surface area contributed by atoms with Gasteiger partial charge in [0.2, 0.25) is 0 Å². The van der Waals surface area contributed by atoms with Crippen LogP contribution >= 0.6 is 0 Å². The van der Waals surface area contributed by atoms with Crippen molar-refractivity contribution >= 4 is 0 Å². The minimum Gasteiger partial charge on any atom is -0.870 e. The Bertz CT molecular complexity index is 9.65. The summed E-state index contributed by atoms with van der Waals surface area (Å²) >= 11 is 0. The first-order valence-corrected chi connectivity index (χ1v) is 0. The van der Waals surface area contributed by atoms with E-state index in [0.717, 1.165) is 0 Å². The predicted molar refractivity (Wildman–Crippen MR) is 12.4 cm³/mol. The molecule has 0 fully saturated rings. The molecule has 12 radical (unpaired) electrons. The second-order valence-electron chi connectivity index (χ2n) is 0. The zero-order valence-corrected chi connectivity index (χ0v) is 5.27. The van der Waals surface area contributed by atoms with Crippen molar-refractivity contribution in [2.45, 2.75) is 0 Å². The van der Waals surface area contributed by atoms with Crippen molar-refractivity contribution in [3.63, 3.8) is 0 Å². The van der Waals surface area contributed by atoms with Crippen LogP contribution in [0.3, 0.4) is 0 Å². The number of rotatable bonds is 0. The summed E-state index contributed by atoms with van der Waals surface area (Å²) in [5.74, 6) is 0. The van der Waals surface area contributed by atoms with Gasteiger partial charge in [-0.25, -0.2) is 0 Å². The molecule has 0 aromatic rings. The molecule has 0 heterocycles. The van der Waals surface area contributed by atoms with E-state index in [9.17, 15) is 0 Å². The van der Waals surface area contributed by atoms with E-state index >= 15 is 0 Å². The van der Waals surface area contributed by atoms with Gasteiger partial charge in [-0.1, -0.05) is 0 Å². The Morgan fingerprint density at radius 3 is 0.429 bits per heavy atom. The van der Waals surface area contributed by atoms with Gasteiger partial charge in [0.25, 0.3) is 0 Å². The second kappa shape index (κ2) is 952. The van der Waals surface area contributed by atoms with Crippen LogP contribution < -0.4 is 24.6 Å². The largest absolute Gasteiger partial charge is 2.00 e. The van der Waals surface area contributed by atoms with E-state index in [1.54, 1.807) is 0 Å². The third-order valence-electron chi connectivity index (χ3n) is 0. The van der Waals surface area contributed by atoms with Crippen molar-refractivity contribution in [1.29, 1.82) is 0 Å². The van der Waals surface area contributed by atoms with Crippen LogP contribution in [0.1, 0.15) is 0 Å². The molecule has 44 valence electrons. The monoisotopic (exact) mass is 285 g/mol. The maximum Gasteiger partial charge on any atom is 2.00 e. The van der Waals surface area contributed by atoms with Crippen molar-refractivity contribution in [2.75, 3.05) is 0 Å². The zero-order valence-electron chi connectivity index (χ0n) is 3.00. The number of hydrogen-bond donors (Lipinski definition) is 0. The first-order chi connectivity index (χ1) is 0. The maximum absolute atomic E-state index is 0. The van der Waals surface area contributed by atoms with Gasteiger partial charge in [0.05, 0.1) is 0 Å². The molecule has 0 spiro atoms. The smallest absolute Gasteiger partial charge is 0.870 e. The molecule has 0 aromatic heterocycles. The molecule has 0 aliphatic carbocycles. The van der Waals surface area contributed by atoms with Crippen LogP contribution in [0.5, 0.6) is 0 Å². The molecular weight excluding hydrogens is 283 g/mol. The van der Waals surface area contributed by atoms with E-state index in [4.69, 9.17) is 0 Å². The molecule has 0 bridgehead atoms. The average Bonchev–Trinajstić information content (AvgIpc) is 0. The number of hydrogen-bond acceptors (Lipinski definition) is 2. The molecule has 0 atom stereocenters. The van der Waals surface area contributed by atoms with Crippen molar-refractivity contribution in [3.05, 3.63) is 0 Å². The van der Waals surface area contributed by atoms with Gasteiger partial charge in [-0.05, 0) is 0 Å². The van der Waals surface area contributed by atoms with E-state index in [-0.39, 0.29) is 56.6 Å². The Labute approximate surface area is 57.3 Å². The minimum absolute atomic E-state index is 0. The Hall–Kier alpha value is 0.448. The summed E-state index contributed by atoms with van der Waals surface area (Å²) in [7, 11) is 0. The Morgan fingerprint density at radius 1 is 0.429 bits per heavy atom. The van der Waals surface area contributed by atoms with E-state index in [1.807, 2.05) is 0 Å². The Morgan fingerprint density at radius 2 is 0.429 bits per heavy atom. The summed E-state index contributed by atoms with van der Waals surface area (Å²) in [6.45, 7) is 0. The van der Waals surface area contributed by atoms with Crippen LogP contribution in [0.4, 0.5) is 0 Å². The van der Waals surface area contributed by atoms with Crippen molar-refractivity contribution in [2.24, 2.45) is 0 Å². The molecule has 2 N–H and O–H groups in total. The fourth-order valence-electron chi connectivity index (χ4n) is 0. The van der Waals surface area contributed by atoms with E-state index < -0.39 is 0 Å². The van der Waals surface area contributed by atoms with Crippen LogP contribution in [-0.2, 0) is 21.1 Å². The van der Waals surface area contributed by atoms with Gasteiger partial charge in [0.15, 0.2) is 0 Å². The van der Waals surface area contributed by atoms with E-state index in [2.05, 4.69) is 0 Å². The molecule has 0 aromatic carbocycles. The van der Waals surface area contributed by atoms with Crippen LogP contribution in [-0.4, -0.2) is 11.0 Å². The molecule has 0 saturated carbocycles. The van der Waals surface area contributed by atoms with Gasteiger partial charge in [-0.3, -0.25) is 0 Å². The average molecular weight is 285 g/mol. The van der Waals surface area contributed by atoms with Crippen molar-refractivity contribution in [3.8, 4) is 0 Å². The third kappa shape index (κ3) is 635. The third-order valence-corrected chi connectivity index (χ3v) is 0. The van der Waals surface area contributed by atoms with Crippen LogP contribution in [0.25, 0.3) is 0 Å². The first-order valence-electron chi connectivity index (χ1n) is 0. The van der Waals surface area contributed by atoms with Gasteiger partial charge < -0.3 is 11.0 Å². The minimum atomic E-state index is 0. The topological polar surface area (TPSA) is 182 Å². The fraction of sp³-hybridized carbons (Fsp3) is 0. The van der Waals surface area contributed by atoms with Gasteiger partial charge in [0, 0.05) is 24.6 Å². The predicted octanol–water partition coefficient (Wildman–Crippen LogP) is -2.28. The molecule has 0 rings (SSSR count). The van der Waals surface area contributed by atoms with Gasteiger partial charge >= 0.3 is 21.1 Å². The molecular formula is H2N4O2Pt. The Kier molecular flexibility index (Phi) is 210000. The number of nitrogens with zero attached hydrogens (tertiary/aromatic N) is 4. The normalized spacial score (nSPS) is 0. The summed E-state index contributed by atoms with van der Waals surface area (Å²) in [6, 6.07) is 0. The molecule has 7 heteroatoms. The van der Waals surface area contributed by atoms with Crippen LogP contribution in [0.15, 0.2) is 0 Å². The van der Waals surface area contributed by atoms with Gasteiger partial charge in [0.1, 0.15) is 0 Å². The SMILES string of the molecule is [N].[N].[N].[N].[OH-].[OH-].[Pt+2]. The summed E-state index contributed by atoms with van der Waals surface area (Å²) < 4.78 is 0. The molecule has 7 heavy (non-hydrogen) atoms. The van der Waals surface area contributed by atoms with Gasteiger partial charge in [-0.2, -0.15) is 0 Å². The first kappa shape index (κ1) is 1540. The molecule has 6 nitrogen and oxygen atoms in total. The summed E-state index contributed by atoms with van der Waals surface area (Å²) in [5, 5.41) is 0. The fourth-order valence-corrected chi connectivity index (χ4v) is 0. The quantitative estimate of drug-likeness (QED) is 0.486. The van der Waals surface area contributed by atoms with Crippen molar-refractivity contribution in [1.82, 2.24) is 24.6 Å². The molecule has 0 aliphatic heterocycles. The van der Waals surface area contributed by atoms with E-state index in [0.29, 0.717) is 0 Å². The molecule has 0 unspecified atom stereocenters. The van der Waals surface area contributed by atoms with Crippen molar-refractivity contribution < 1.29 is 32.0 Å². The molecule has 0 amide bonds. The zero-order chi connectivity index (χ0) is 0. The molecule has 0 aliphatic rings. The summed E-state index contributed by atoms with van der Waals surface area (Å²) in [6.07, 6.45) is 0.